The molecule has 0 radical (unpaired) electrons. The minimum absolute atomic E-state index is 0.203. The highest BCUT2D eigenvalue weighted by Crippen LogP contribution is 2.16. The van der Waals surface area contributed by atoms with Crippen molar-refractivity contribution < 1.29 is 0 Å². The molecule has 1 atom stereocenters. The summed E-state index contributed by atoms with van der Waals surface area (Å²) in [4.78, 5) is 0. The van der Waals surface area contributed by atoms with Gasteiger partial charge in [0.05, 0.1) is 5.69 Å². The fourth-order valence-corrected chi connectivity index (χ4v) is 2.89. The van der Waals surface area contributed by atoms with E-state index in [0.29, 0.717) is 0 Å². The summed E-state index contributed by atoms with van der Waals surface area (Å²) in [5, 5.41) is 4.46. The molecule has 0 saturated heterocycles. The highest BCUT2D eigenvalue weighted by molar-refractivity contribution is 14.1. The van der Waals surface area contributed by atoms with Crippen LogP contribution in [-0.2, 0) is 19.9 Å². The van der Waals surface area contributed by atoms with E-state index in [0.717, 1.165) is 25.0 Å². The van der Waals surface area contributed by atoms with Crippen LogP contribution in [0.4, 0.5) is 0 Å². The van der Waals surface area contributed by atoms with Crippen molar-refractivity contribution in [3.63, 3.8) is 0 Å². The molecule has 0 bridgehead atoms. The summed E-state index contributed by atoms with van der Waals surface area (Å²) in [7, 11) is 2.00. The Morgan fingerprint density at radius 2 is 1.90 bits per heavy atom. The molecule has 2 aromatic rings. The van der Waals surface area contributed by atoms with Crippen LogP contribution in [0.2, 0.25) is 0 Å². The van der Waals surface area contributed by atoms with E-state index in [4.69, 9.17) is 5.73 Å². The Morgan fingerprint density at radius 1 is 1.25 bits per heavy atom. The van der Waals surface area contributed by atoms with Crippen LogP contribution in [-0.4, -0.2) is 15.8 Å². The zero-order chi connectivity index (χ0) is 14.7. The van der Waals surface area contributed by atoms with Crippen molar-refractivity contribution in [1.29, 1.82) is 0 Å². The molecule has 1 aromatic heterocycles. The van der Waals surface area contributed by atoms with Crippen LogP contribution in [0.3, 0.4) is 0 Å². The molecule has 0 aliphatic carbocycles. The normalized spacial score (nSPS) is 12.7. The van der Waals surface area contributed by atoms with Gasteiger partial charge < -0.3 is 5.73 Å². The third-order valence-electron chi connectivity index (χ3n) is 3.84. The molecule has 0 spiro atoms. The standard InChI is InChI=1S/C16H22IN3/c1-11-16(12(2)20(3)19-11)9-8-15(18)10-13-4-6-14(17)7-5-13/h4-7,15H,8-10,18H2,1-3H3. The highest BCUT2D eigenvalue weighted by Gasteiger charge is 2.11. The maximum absolute atomic E-state index is 6.27. The number of halogens is 1. The summed E-state index contributed by atoms with van der Waals surface area (Å²) in [5.74, 6) is 0. The molecule has 108 valence electrons. The number of aryl methyl sites for hydroxylation is 2. The maximum atomic E-state index is 6.27. The first-order valence-corrected chi connectivity index (χ1v) is 8.04. The first kappa shape index (κ1) is 15.5. The summed E-state index contributed by atoms with van der Waals surface area (Å²) in [6, 6.07) is 8.81. The zero-order valence-corrected chi connectivity index (χ0v) is 14.5. The van der Waals surface area contributed by atoms with Crippen molar-refractivity contribution in [2.24, 2.45) is 12.8 Å². The van der Waals surface area contributed by atoms with Gasteiger partial charge in [-0.05, 0) is 79.0 Å². The minimum Gasteiger partial charge on any atom is -0.327 e. The second kappa shape index (κ2) is 6.72. The van der Waals surface area contributed by atoms with Crippen molar-refractivity contribution >= 4 is 22.6 Å². The molecule has 1 heterocycles. The van der Waals surface area contributed by atoms with E-state index < -0.39 is 0 Å². The molecule has 1 aromatic carbocycles. The van der Waals surface area contributed by atoms with Crippen molar-refractivity contribution in [2.75, 3.05) is 0 Å². The van der Waals surface area contributed by atoms with Gasteiger partial charge in [-0.1, -0.05) is 12.1 Å². The fourth-order valence-electron chi connectivity index (χ4n) is 2.53. The van der Waals surface area contributed by atoms with Crippen molar-refractivity contribution in [3.05, 3.63) is 50.4 Å². The van der Waals surface area contributed by atoms with E-state index >= 15 is 0 Å². The van der Waals surface area contributed by atoms with Gasteiger partial charge in [-0.2, -0.15) is 5.10 Å². The van der Waals surface area contributed by atoms with Gasteiger partial charge >= 0.3 is 0 Å². The lowest BCUT2D eigenvalue weighted by Crippen LogP contribution is -2.23. The molecule has 2 rings (SSSR count). The molecule has 0 fully saturated rings. The number of benzene rings is 1. The summed E-state index contributed by atoms with van der Waals surface area (Å²) >= 11 is 2.32. The van der Waals surface area contributed by atoms with Crippen LogP contribution in [0.15, 0.2) is 24.3 Å². The Kier molecular flexibility index (Phi) is 5.21. The molecule has 4 heteroatoms. The van der Waals surface area contributed by atoms with Crippen molar-refractivity contribution in [1.82, 2.24) is 9.78 Å². The van der Waals surface area contributed by atoms with Gasteiger partial charge in [0, 0.05) is 22.4 Å². The molecule has 0 aliphatic heterocycles. The monoisotopic (exact) mass is 383 g/mol. The van der Waals surface area contributed by atoms with E-state index in [2.05, 4.69) is 65.8 Å². The first-order chi connectivity index (χ1) is 9.47. The predicted molar refractivity (Wildman–Crippen MR) is 91.8 cm³/mol. The number of nitrogens with zero attached hydrogens (tertiary/aromatic N) is 2. The van der Waals surface area contributed by atoms with Gasteiger partial charge in [-0.25, -0.2) is 0 Å². The number of aromatic nitrogens is 2. The molecule has 0 saturated carbocycles. The lowest BCUT2D eigenvalue weighted by molar-refractivity contribution is 0.608. The van der Waals surface area contributed by atoms with Crippen molar-refractivity contribution in [3.8, 4) is 0 Å². The third kappa shape index (κ3) is 3.82. The van der Waals surface area contributed by atoms with Crippen LogP contribution in [0, 0.1) is 17.4 Å². The highest BCUT2D eigenvalue weighted by atomic mass is 127. The summed E-state index contributed by atoms with van der Waals surface area (Å²) < 4.78 is 3.22. The van der Waals surface area contributed by atoms with Gasteiger partial charge in [0.15, 0.2) is 0 Å². The SMILES string of the molecule is Cc1nn(C)c(C)c1CCC(N)Cc1ccc(I)cc1. The molecule has 1 unspecified atom stereocenters. The first-order valence-electron chi connectivity index (χ1n) is 6.96. The maximum Gasteiger partial charge on any atom is 0.0628 e. The minimum atomic E-state index is 0.203. The van der Waals surface area contributed by atoms with Crippen LogP contribution in [0.1, 0.15) is 28.9 Å². The number of nitrogens with two attached hydrogens (primary N) is 1. The molecule has 0 amide bonds. The van der Waals surface area contributed by atoms with Gasteiger partial charge in [-0.3, -0.25) is 4.68 Å². The van der Waals surface area contributed by atoms with Crippen LogP contribution < -0.4 is 5.73 Å². The lowest BCUT2D eigenvalue weighted by atomic mass is 9.99. The van der Waals surface area contributed by atoms with Gasteiger partial charge in [0.2, 0.25) is 0 Å². The second-order valence-electron chi connectivity index (χ2n) is 5.40. The topological polar surface area (TPSA) is 43.8 Å². The van der Waals surface area contributed by atoms with Crippen LogP contribution in [0.5, 0.6) is 0 Å². The van der Waals surface area contributed by atoms with E-state index in [-0.39, 0.29) is 6.04 Å². The van der Waals surface area contributed by atoms with Gasteiger partial charge in [0.1, 0.15) is 0 Å². The van der Waals surface area contributed by atoms with E-state index in [1.54, 1.807) is 0 Å². The molecule has 0 aliphatic rings. The number of rotatable bonds is 5. The average Bonchev–Trinajstić information content (AvgIpc) is 2.64. The van der Waals surface area contributed by atoms with Crippen molar-refractivity contribution in [2.45, 2.75) is 39.2 Å². The Labute approximate surface area is 134 Å². The van der Waals surface area contributed by atoms with E-state index in [1.807, 2.05) is 11.7 Å². The second-order valence-corrected chi connectivity index (χ2v) is 6.65. The summed E-state index contributed by atoms with van der Waals surface area (Å²) in [5.41, 5.74) is 11.3. The lowest BCUT2D eigenvalue weighted by Gasteiger charge is -2.12. The van der Waals surface area contributed by atoms with E-state index in [1.165, 1.54) is 20.4 Å². The molecular formula is C16H22IN3. The number of hydrogen-bond acceptors (Lipinski definition) is 2. The summed E-state index contributed by atoms with van der Waals surface area (Å²) in [6.07, 6.45) is 2.95. The largest absolute Gasteiger partial charge is 0.327 e. The zero-order valence-electron chi connectivity index (χ0n) is 12.4. The Bertz CT molecular complexity index is 572. The molecular weight excluding hydrogens is 361 g/mol. The average molecular weight is 383 g/mol. The molecule has 2 N–H and O–H groups in total. The summed E-state index contributed by atoms with van der Waals surface area (Å²) in [6.45, 7) is 4.20. The Hall–Kier alpha value is -0.880. The Balaban J connectivity index is 1.92. The fraction of sp³-hybridized carbons (Fsp3) is 0.438. The van der Waals surface area contributed by atoms with Crippen LogP contribution in [0.25, 0.3) is 0 Å². The predicted octanol–water partition coefficient (Wildman–Crippen LogP) is 3.14. The molecule has 20 heavy (non-hydrogen) atoms. The van der Waals surface area contributed by atoms with E-state index in [9.17, 15) is 0 Å². The third-order valence-corrected chi connectivity index (χ3v) is 4.55. The van der Waals surface area contributed by atoms with Crippen LogP contribution >= 0.6 is 22.6 Å². The molecule has 3 nitrogen and oxygen atoms in total. The quantitative estimate of drug-likeness (QED) is 0.807. The van der Waals surface area contributed by atoms with Gasteiger partial charge in [-0.15, -0.1) is 0 Å². The Morgan fingerprint density at radius 3 is 2.45 bits per heavy atom. The number of hydrogen-bond donors (Lipinski definition) is 1. The smallest absolute Gasteiger partial charge is 0.0628 e. The van der Waals surface area contributed by atoms with Gasteiger partial charge in [0.25, 0.3) is 0 Å².